The van der Waals surface area contributed by atoms with Crippen molar-refractivity contribution in [3.63, 3.8) is 0 Å². The molecule has 0 unspecified atom stereocenters. The molecule has 1 heterocycles. The minimum absolute atomic E-state index is 0.184. The molecular formula is C23H27N3O5. The zero-order valence-electron chi connectivity index (χ0n) is 18.0. The Labute approximate surface area is 182 Å². The van der Waals surface area contributed by atoms with Crippen LogP contribution in [0.3, 0.4) is 0 Å². The van der Waals surface area contributed by atoms with Crippen LogP contribution in [0, 0.1) is 0 Å². The van der Waals surface area contributed by atoms with Crippen LogP contribution >= 0.6 is 0 Å². The highest BCUT2D eigenvalue weighted by Gasteiger charge is 2.20. The average molecular weight is 425 g/mol. The Balaban J connectivity index is 1.60. The Bertz CT molecular complexity index is 941. The van der Waals surface area contributed by atoms with E-state index in [-0.39, 0.29) is 12.5 Å². The van der Waals surface area contributed by atoms with E-state index < -0.39 is 0 Å². The molecule has 1 amide bonds. The van der Waals surface area contributed by atoms with E-state index in [2.05, 4.69) is 10.3 Å². The molecule has 31 heavy (non-hydrogen) atoms. The topological polar surface area (TPSA) is 82.0 Å². The van der Waals surface area contributed by atoms with Gasteiger partial charge in [-0.1, -0.05) is 5.16 Å². The van der Waals surface area contributed by atoms with Gasteiger partial charge in [-0.2, -0.15) is 5.10 Å². The quantitative estimate of drug-likeness (QED) is 0.454. The molecule has 0 saturated heterocycles. The number of amides is 1. The minimum Gasteiger partial charge on any atom is -0.497 e. The zero-order valence-corrected chi connectivity index (χ0v) is 18.0. The zero-order chi connectivity index (χ0) is 22.1. The molecule has 0 N–H and O–H groups in total. The first kappa shape index (κ1) is 22.1. The third-order valence-electron chi connectivity index (χ3n) is 4.69. The maximum Gasteiger partial charge on any atom is 0.283 e. The maximum atomic E-state index is 12.5. The summed E-state index contributed by atoms with van der Waals surface area (Å²) in [5, 5.41) is 9.83. The van der Waals surface area contributed by atoms with Crippen LogP contribution in [-0.4, -0.2) is 56.8 Å². The Morgan fingerprint density at radius 3 is 2.65 bits per heavy atom. The Kier molecular flexibility index (Phi) is 7.86. The van der Waals surface area contributed by atoms with Crippen molar-refractivity contribution in [2.75, 3.05) is 34.0 Å². The van der Waals surface area contributed by atoms with Crippen molar-refractivity contribution in [3.05, 3.63) is 53.6 Å². The van der Waals surface area contributed by atoms with Crippen molar-refractivity contribution in [1.82, 2.24) is 5.01 Å². The number of hydrazone groups is 1. The first-order valence-corrected chi connectivity index (χ1v) is 10.1. The van der Waals surface area contributed by atoms with Crippen LogP contribution in [0.25, 0.3) is 0 Å². The molecule has 164 valence electrons. The second-order valence-corrected chi connectivity index (χ2v) is 6.75. The molecule has 3 rings (SSSR count). The first-order chi connectivity index (χ1) is 15.1. The van der Waals surface area contributed by atoms with E-state index in [0.717, 1.165) is 35.4 Å². The van der Waals surface area contributed by atoms with Gasteiger partial charge in [-0.15, -0.1) is 0 Å². The van der Waals surface area contributed by atoms with Crippen molar-refractivity contribution in [3.8, 4) is 17.2 Å². The van der Waals surface area contributed by atoms with E-state index in [1.54, 1.807) is 20.4 Å². The van der Waals surface area contributed by atoms with Crippen LogP contribution in [0.15, 0.2) is 52.7 Å². The molecule has 8 nitrogen and oxygen atoms in total. The van der Waals surface area contributed by atoms with E-state index in [1.165, 1.54) is 5.01 Å². The maximum absolute atomic E-state index is 12.5. The minimum atomic E-state index is -0.248. The molecule has 0 atom stereocenters. The van der Waals surface area contributed by atoms with Crippen molar-refractivity contribution in [1.29, 1.82) is 0 Å². The number of hydrogen-bond acceptors (Lipinski definition) is 7. The summed E-state index contributed by atoms with van der Waals surface area (Å²) in [6.45, 7) is 2.81. The van der Waals surface area contributed by atoms with Gasteiger partial charge in [0.05, 0.1) is 32.8 Å². The third-order valence-corrected chi connectivity index (χ3v) is 4.69. The summed E-state index contributed by atoms with van der Waals surface area (Å²) >= 11 is 0. The lowest BCUT2D eigenvalue weighted by atomic mass is 10.0. The average Bonchev–Trinajstić information content (AvgIpc) is 2.82. The summed E-state index contributed by atoms with van der Waals surface area (Å²) in [5.74, 6) is 1.84. The van der Waals surface area contributed by atoms with Gasteiger partial charge >= 0.3 is 0 Å². The van der Waals surface area contributed by atoms with Crippen molar-refractivity contribution >= 4 is 17.8 Å². The number of carbonyl (C=O) groups excluding carboxylic acids is 1. The third kappa shape index (κ3) is 5.97. The van der Waals surface area contributed by atoms with Gasteiger partial charge in [0.25, 0.3) is 5.91 Å². The van der Waals surface area contributed by atoms with Gasteiger partial charge in [0.1, 0.15) is 5.75 Å². The number of hydrogen-bond donors (Lipinski definition) is 0. The van der Waals surface area contributed by atoms with Crippen LogP contribution in [0.4, 0.5) is 0 Å². The van der Waals surface area contributed by atoms with E-state index in [4.69, 9.17) is 19.0 Å². The number of nitrogens with zero attached hydrogens (tertiary/aromatic N) is 3. The first-order valence-electron chi connectivity index (χ1n) is 10.1. The lowest BCUT2D eigenvalue weighted by molar-refractivity contribution is -0.136. The number of oxime groups is 1. The molecule has 0 saturated carbocycles. The van der Waals surface area contributed by atoms with E-state index in [9.17, 15) is 4.79 Å². The van der Waals surface area contributed by atoms with Gasteiger partial charge in [0, 0.05) is 12.1 Å². The monoisotopic (exact) mass is 425 g/mol. The molecular weight excluding hydrogens is 398 g/mol. The summed E-state index contributed by atoms with van der Waals surface area (Å²) in [4.78, 5) is 17.7. The van der Waals surface area contributed by atoms with Gasteiger partial charge in [-0.05, 0) is 67.8 Å². The molecule has 1 aliphatic rings. The summed E-state index contributed by atoms with van der Waals surface area (Å²) in [5.41, 5.74) is 2.57. The number of rotatable bonds is 9. The SMILES string of the molecule is CCOc1cc(C2=NN(C(=O)CO/N=C/c3ccc(OC)cc3)CCC2)ccc1OC. The molecule has 8 heteroatoms. The van der Waals surface area contributed by atoms with Crippen molar-refractivity contribution in [2.24, 2.45) is 10.3 Å². The van der Waals surface area contributed by atoms with Crippen LogP contribution < -0.4 is 14.2 Å². The Morgan fingerprint density at radius 1 is 1.13 bits per heavy atom. The molecule has 0 spiro atoms. The fourth-order valence-corrected chi connectivity index (χ4v) is 3.10. The highest BCUT2D eigenvalue weighted by atomic mass is 16.6. The second-order valence-electron chi connectivity index (χ2n) is 6.75. The van der Waals surface area contributed by atoms with Crippen LogP contribution in [0.1, 0.15) is 30.9 Å². The van der Waals surface area contributed by atoms with E-state index >= 15 is 0 Å². The lowest BCUT2D eigenvalue weighted by Gasteiger charge is -2.23. The van der Waals surface area contributed by atoms with E-state index in [1.807, 2.05) is 49.4 Å². The summed E-state index contributed by atoms with van der Waals surface area (Å²) in [7, 11) is 3.21. The van der Waals surface area contributed by atoms with Gasteiger partial charge < -0.3 is 19.0 Å². The predicted molar refractivity (Wildman–Crippen MR) is 118 cm³/mol. The van der Waals surface area contributed by atoms with Crippen LogP contribution in [0.2, 0.25) is 0 Å². The number of methoxy groups -OCH3 is 2. The number of ether oxygens (including phenoxy) is 3. The highest BCUT2D eigenvalue weighted by Crippen LogP contribution is 2.29. The smallest absolute Gasteiger partial charge is 0.283 e. The number of benzene rings is 2. The molecule has 0 bridgehead atoms. The number of carbonyl (C=O) groups is 1. The largest absolute Gasteiger partial charge is 0.497 e. The van der Waals surface area contributed by atoms with Crippen molar-refractivity contribution in [2.45, 2.75) is 19.8 Å². The molecule has 0 fully saturated rings. The molecule has 0 aromatic heterocycles. The van der Waals surface area contributed by atoms with Gasteiger partial charge in [-0.25, -0.2) is 5.01 Å². The van der Waals surface area contributed by atoms with Crippen molar-refractivity contribution < 1.29 is 23.8 Å². The fourth-order valence-electron chi connectivity index (χ4n) is 3.10. The predicted octanol–water partition coefficient (Wildman–Crippen LogP) is 3.48. The molecule has 0 aliphatic carbocycles. The lowest BCUT2D eigenvalue weighted by Crippen LogP contribution is -2.34. The summed E-state index contributed by atoms with van der Waals surface area (Å²) in [6.07, 6.45) is 3.14. The Morgan fingerprint density at radius 2 is 1.94 bits per heavy atom. The molecule has 2 aromatic carbocycles. The highest BCUT2D eigenvalue weighted by molar-refractivity contribution is 6.02. The van der Waals surface area contributed by atoms with Gasteiger partial charge in [0.15, 0.2) is 18.1 Å². The Hall–Kier alpha value is -3.55. The summed E-state index contributed by atoms with van der Waals surface area (Å²) < 4.78 is 16.1. The molecule has 2 aromatic rings. The van der Waals surface area contributed by atoms with Crippen LogP contribution in [-0.2, 0) is 9.63 Å². The van der Waals surface area contributed by atoms with Gasteiger partial charge in [-0.3, -0.25) is 4.79 Å². The molecule has 0 radical (unpaired) electrons. The molecule has 1 aliphatic heterocycles. The fraction of sp³-hybridized carbons (Fsp3) is 0.348. The van der Waals surface area contributed by atoms with E-state index in [0.29, 0.717) is 24.7 Å². The normalized spacial score (nSPS) is 13.6. The summed E-state index contributed by atoms with van der Waals surface area (Å²) in [6, 6.07) is 13.0. The second kappa shape index (κ2) is 11.0. The van der Waals surface area contributed by atoms with Crippen LogP contribution in [0.5, 0.6) is 17.2 Å². The standard InChI is InChI=1S/C23H27N3O5/c1-4-30-22-14-18(9-12-21(22)29-3)20-6-5-13-26(25-20)23(27)16-31-24-15-17-7-10-19(28-2)11-8-17/h7-12,14-15H,4-6,13,16H2,1-3H3/b24-15+. The van der Waals surface area contributed by atoms with Gasteiger partial charge in [0.2, 0.25) is 0 Å².